The second-order valence-corrected chi connectivity index (χ2v) is 6.16. The Kier molecular flexibility index (Phi) is 4.98. The molecule has 2 aromatic rings. The molecule has 128 valence electrons. The molecule has 0 bridgehead atoms. The van der Waals surface area contributed by atoms with Gasteiger partial charge in [-0.1, -0.05) is 73.3 Å². The third kappa shape index (κ3) is 3.20. The van der Waals surface area contributed by atoms with Crippen LogP contribution in [-0.2, 0) is 14.3 Å². The molecular formula is C21H19O4-. The number of carboxylic acids is 1. The molecule has 2 atom stereocenters. The van der Waals surface area contributed by atoms with Crippen LogP contribution in [0.1, 0.15) is 23.0 Å². The maximum Gasteiger partial charge on any atom is 0.310 e. The molecule has 0 saturated heterocycles. The Morgan fingerprint density at radius 2 is 1.40 bits per heavy atom. The van der Waals surface area contributed by atoms with Crippen molar-refractivity contribution in [3.05, 3.63) is 84.4 Å². The Bertz CT molecular complexity index is 706. The molecule has 25 heavy (non-hydrogen) atoms. The molecule has 4 heteroatoms. The molecule has 0 heterocycles. The van der Waals surface area contributed by atoms with Gasteiger partial charge >= 0.3 is 5.97 Å². The van der Waals surface area contributed by atoms with E-state index in [1.807, 2.05) is 60.7 Å². The fourth-order valence-electron chi connectivity index (χ4n) is 3.75. The van der Waals surface area contributed by atoms with E-state index in [1.54, 1.807) is 0 Å². The fourth-order valence-corrected chi connectivity index (χ4v) is 3.75. The summed E-state index contributed by atoms with van der Waals surface area (Å²) >= 11 is 0. The van der Waals surface area contributed by atoms with Gasteiger partial charge in [-0.3, -0.25) is 4.79 Å². The van der Waals surface area contributed by atoms with Gasteiger partial charge in [-0.15, -0.1) is 0 Å². The minimum absolute atomic E-state index is 0.105. The third-order valence-corrected chi connectivity index (χ3v) is 4.80. The highest BCUT2D eigenvalue weighted by molar-refractivity contribution is 5.83. The van der Waals surface area contributed by atoms with Gasteiger partial charge in [-0.05, 0) is 11.1 Å². The van der Waals surface area contributed by atoms with E-state index >= 15 is 0 Å². The van der Waals surface area contributed by atoms with E-state index in [-0.39, 0.29) is 6.61 Å². The van der Waals surface area contributed by atoms with Gasteiger partial charge < -0.3 is 14.6 Å². The molecule has 1 saturated carbocycles. The molecule has 0 amide bonds. The second-order valence-electron chi connectivity index (χ2n) is 6.16. The summed E-state index contributed by atoms with van der Waals surface area (Å²) in [5.74, 6) is -3.81. The van der Waals surface area contributed by atoms with Gasteiger partial charge in [0.2, 0.25) is 0 Å². The Balaban J connectivity index is 2.01. The highest BCUT2D eigenvalue weighted by atomic mass is 16.5. The molecule has 1 aliphatic rings. The lowest BCUT2D eigenvalue weighted by Gasteiger charge is -2.51. The molecule has 1 fully saturated rings. The van der Waals surface area contributed by atoms with E-state index in [2.05, 4.69) is 6.58 Å². The van der Waals surface area contributed by atoms with Crippen molar-refractivity contribution in [3.63, 3.8) is 0 Å². The van der Waals surface area contributed by atoms with Crippen molar-refractivity contribution in [2.75, 3.05) is 6.61 Å². The Morgan fingerprint density at radius 3 is 1.80 bits per heavy atom. The van der Waals surface area contributed by atoms with Crippen molar-refractivity contribution < 1.29 is 19.4 Å². The second kappa shape index (κ2) is 7.34. The maximum atomic E-state index is 12.6. The van der Waals surface area contributed by atoms with Crippen molar-refractivity contribution in [2.45, 2.75) is 11.8 Å². The predicted octanol–water partition coefficient (Wildman–Crippen LogP) is 2.28. The molecule has 2 unspecified atom stereocenters. The number of carboxylic acid groups (broad SMARTS) is 1. The lowest BCUT2D eigenvalue weighted by Crippen LogP contribution is -2.55. The van der Waals surface area contributed by atoms with Crippen molar-refractivity contribution in [3.8, 4) is 0 Å². The molecule has 3 rings (SSSR count). The lowest BCUT2D eigenvalue weighted by atomic mass is 9.52. The summed E-state index contributed by atoms with van der Waals surface area (Å²) in [6.45, 7) is 3.66. The van der Waals surface area contributed by atoms with Crippen LogP contribution in [-0.4, -0.2) is 18.5 Å². The average molecular weight is 335 g/mol. The summed E-state index contributed by atoms with van der Waals surface area (Å²) in [6, 6.07) is 18.4. The zero-order valence-corrected chi connectivity index (χ0v) is 13.7. The van der Waals surface area contributed by atoms with E-state index in [0.29, 0.717) is 0 Å². The zero-order valence-electron chi connectivity index (χ0n) is 13.7. The van der Waals surface area contributed by atoms with Crippen LogP contribution >= 0.6 is 0 Å². The molecule has 0 aliphatic heterocycles. The summed E-state index contributed by atoms with van der Waals surface area (Å²) in [6.07, 6.45) is 1.50. The average Bonchev–Trinajstić information content (AvgIpc) is 2.60. The van der Waals surface area contributed by atoms with Crippen LogP contribution in [0.25, 0.3) is 0 Å². The van der Waals surface area contributed by atoms with Gasteiger partial charge in [0.15, 0.2) is 0 Å². The number of hydrogen-bond acceptors (Lipinski definition) is 4. The Labute approximate surface area is 146 Å². The van der Waals surface area contributed by atoms with Crippen molar-refractivity contribution in [1.29, 1.82) is 0 Å². The van der Waals surface area contributed by atoms with E-state index in [0.717, 1.165) is 11.1 Å². The smallest absolute Gasteiger partial charge is 0.310 e. The van der Waals surface area contributed by atoms with Gasteiger partial charge in [0.05, 0.1) is 5.92 Å². The van der Waals surface area contributed by atoms with E-state index in [4.69, 9.17) is 4.74 Å². The number of rotatable bonds is 6. The molecule has 0 radical (unpaired) electrons. The first-order chi connectivity index (χ1) is 12.1. The molecule has 0 N–H and O–H groups in total. The number of ether oxygens (including phenoxy) is 1. The first kappa shape index (κ1) is 17.0. The van der Waals surface area contributed by atoms with Crippen LogP contribution in [0, 0.1) is 11.8 Å². The maximum absolute atomic E-state index is 12.6. The van der Waals surface area contributed by atoms with E-state index in [1.165, 1.54) is 6.08 Å². The van der Waals surface area contributed by atoms with Crippen LogP contribution in [0.4, 0.5) is 0 Å². The van der Waals surface area contributed by atoms with Gasteiger partial charge in [0, 0.05) is 23.7 Å². The van der Waals surface area contributed by atoms with Gasteiger partial charge in [0.25, 0.3) is 0 Å². The first-order valence-electron chi connectivity index (χ1n) is 8.23. The van der Waals surface area contributed by atoms with Crippen LogP contribution < -0.4 is 5.11 Å². The van der Waals surface area contributed by atoms with Gasteiger partial charge in [-0.2, -0.15) is 0 Å². The largest absolute Gasteiger partial charge is 0.550 e. The summed E-state index contributed by atoms with van der Waals surface area (Å²) in [4.78, 5) is 24.5. The number of carbonyl (C=O) groups is 2. The molecule has 0 aromatic heterocycles. The summed E-state index contributed by atoms with van der Waals surface area (Å²) < 4.78 is 5.26. The van der Waals surface area contributed by atoms with Crippen LogP contribution in [0.3, 0.4) is 0 Å². The zero-order chi connectivity index (χ0) is 17.8. The van der Waals surface area contributed by atoms with Gasteiger partial charge in [0.1, 0.15) is 6.61 Å². The quantitative estimate of drug-likeness (QED) is 0.600. The third-order valence-electron chi connectivity index (χ3n) is 4.80. The molecule has 4 nitrogen and oxygen atoms in total. The first-order valence-corrected chi connectivity index (χ1v) is 8.23. The van der Waals surface area contributed by atoms with E-state index < -0.39 is 35.6 Å². The predicted molar refractivity (Wildman–Crippen MR) is 91.5 cm³/mol. The van der Waals surface area contributed by atoms with Crippen molar-refractivity contribution in [2.24, 2.45) is 11.8 Å². The topological polar surface area (TPSA) is 66.4 Å². The fraction of sp³-hybridized carbons (Fsp3) is 0.238. The number of aliphatic carboxylic acids is 1. The van der Waals surface area contributed by atoms with Crippen molar-refractivity contribution >= 4 is 11.9 Å². The van der Waals surface area contributed by atoms with Gasteiger partial charge in [-0.25, -0.2) is 0 Å². The summed E-state index contributed by atoms with van der Waals surface area (Å²) in [7, 11) is 0. The molecule has 0 spiro atoms. The minimum atomic E-state index is -1.14. The standard InChI is InChI=1S/C21H20O4/c1-2-13-25-21(24)19-16(14-9-5-3-6-10-14)18(20(22)23)17(19)15-11-7-4-8-12-15/h2-12,16-19H,1,13H2,(H,22,23)/p-1. The van der Waals surface area contributed by atoms with Crippen molar-refractivity contribution in [1.82, 2.24) is 0 Å². The van der Waals surface area contributed by atoms with Crippen LogP contribution in [0.2, 0.25) is 0 Å². The number of benzene rings is 2. The Hall–Kier alpha value is -2.88. The highest BCUT2D eigenvalue weighted by Crippen LogP contribution is 2.57. The summed E-state index contributed by atoms with van der Waals surface area (Å²) in [5, 5.41) is 11.9. The van der Waals surface area contributed by atoms with E-state index in [9.17, 15) is 14.7 Å². The minimum Gasteiger partial charge on any atom is -0.550 e. The lowest BCUT2D eigenvalue weighted by molar-refractivity contribution is -0.317. The SMILES string of the molecule is C=CCOC(=O)C1C(c2ccccc2)C(C(=O)[O-])C1c1ccccc1. The monoisotopic (exact) mass is 335 g/mol. The number of carbonyl (C=O) groups excluding carboxylic acids is 2. The number of esters is 1. The molecule has 1 aliphatic carbocycles. The molecule has 2 aromatic carbocycles. The normalized spacial score (nSPS) is 24.8. The highest BCUT2D eigenvalue weighted by Gasteiger charge is 2.56. The van der Waals surface area contributed by atoms with Crippen LogP contribution in [0.15, 0.2) is 73.3 Å². The number of hydrogen-bond donors (Lipinski definition) is 0. The Morgan fingerprint density at radius 1 is 0.920 bits per heavy atom. The van der Waals surface area contributed by atoms with Crippen LogP contribution in [0.5, 0.6) is 0 Å². The molecular weight excluding hydrogens is 316 g/mol. The summed E-state index contributed by atoms with van der Waals surface area (Å²) in [5.41, 5.74) is 1.62.